The van der Waals surface area contributed by atoms with Gasteiger partial charge in [-0.25, -0.2) is 9.59 Å². The van der Waals surface area contributed by atoms with Gasteiger partial charge in [0.15, 0.2) is 0 Å². The first-order valence-corrected chi connectivity index (χ1v) is 8.77. The summed E-state index contributed by atoms with van der Waals surface area (Å²) < 4.78 is 10.3. The topological polar surface area (TPSA) is 93.7 Å². The van der Waals surface area contributed by atoms with E-state index in [-0.39, 0.29) is 30.9 Å². The van der Waals surface area contributed by atoms with Crippen LogP contribution in [-0.4, -0.2) is 36.0 Å². The van der Waals surface area contributed by atoms with Crippen LogP contribution < -0.4 is 10.6 Å². The van der Waals surface area contributed by atoms with Crippen molar-refractivity contribution in [2.75, 3.05) is 12.4 Å². The lowest BCUT2D eigenvalue weighted by Gasteiger charge is -2.24. The maximum atomic E-state index is 11.9. The molecule has 1 heterocycles. The predicted molar refractivity (Wildman–Crippen MR) is 96.1 cm³/mol. The Morgan fingerprint density at radius 1 is 1.35 bits per heavy atom. The molecular formula is C18H23ClN2O5. The summed E-state index contributed by atoms with van der Waals surface area (Å²) in [7, 11) is 0. The summed E-state index contributed by atoms with van der Waals surface area (Å²) in [6.07, 6.45) is -0.583. The van der Waals surface area contributed by atoms with Gasteiger partial charge in [0.25, 0.3) is 0 Å². The lowest BCUT2D eigenvalue weighted by molar-refractivity contribution is -0.119. The van der Waals surface area contributed by atoms with Gasteiger partial charge in [-0.15, -0.1) is 11.6 Å². The highest BCUT2D eigenvalue weighted by molar-refractivity contribution is 6.27. The number of hydrogen-bond donors (Lipinski definition) is 2. The van der Waals surface area contributed by atoms with Crippen molar-refractivity contribution in [1.29, 1.82) is 0 Å². The van der Waals surface area contributed by atoms with Crippen LogP contribution in [0.25, 0.3) is 0 Å². The largest absolute Gasteiger partial charge is 0.457 e. The third-order valence-corrected chi connectivity index (χ3v) is 4.13. The van der Waals surface area contributed by atoms with E-state index in [0.717, 1.165) is 16.7 Å². The Hall–Kier alpha value is -2.28. The number of carbonyl (C=O) groups excluding carboxylic acids is 3. The molecule has 1 atom stereocenters. The van der Waals surface area contributed by atoms with E-state index in [9.17, 15) is 14.4 Å². The second-order valence-electron chi connectivity index (χ2n) is 7.02. The molecule has 1 unspecified atom stereocenters. The van der Waals surface area contributed by atoms with Crippen molar-refractivity contribution in [2.45, 2.75) is 45.9 Å². The molecule has 0 aliphatic carbocycles. The van der Waals surface area contributed by atoms with Gasteiger partial charge >= 0.3 is 12.1 Å². The Morgan fingerprint density at radius 3 is 2.65 bits per heavy atom. The van der Waals surface area contributed by atoms with Crippen LogP contribution in [0.3, 0.4) is 0 Å². The minimum Gasteiger partial charge on any atom is -0.457 e. The van der Waals surface area contributed by atoms with Crippen molar-refractivity contribution in [3.8, 4) is 0 Å². The van der Waals surface area contributed by atoms with Gasteiger partial charge in [-0.05, 0) is 44.9 Å². The molecule has 2 amide bonds. The summed E-state index contributed by atoms with van der Waals surface area (Å²) in [4.78, 5) is 35.4. The van der Waals surface area contributed by atoms with Crippen molar-refractivity contribution in [3.63, 3.8) is 0 Å². The first-order chi connectivity index (χ1) is 12.1. The normalized spacial score (nSPS) is 14.3. The second-order valence-corrected chi connectivity index (χ2v) is 7.29. The number of amides is 2. The average Bonchev–Trinajstić information content (AvgIpc) is 2.92. The maximum absolute atomic E-state index is 11.9. The smallest absolute Gasteiger partial charge is 0.407 e. The molecule has 1 aliphatic rings. The Kier molecular flexibility index (Phi) is 6.13. The molecule has 0 spiro atoms. The van der Waals surface area contributed by atoms with Crippen molar-refractivity contribution >= 4 is 29.6 Å². The van der Waals surface area contributed by atoms with E-state index in [2.05, 4.69) is 10.6 Å². The fourth-order valence-corrected chi connectivity index (χ4v) is 2.79. The number of hydrogen-bond acceptors (Lipinski definition) is 5. The lowest BCUT2D eigenvalue weighted by atomic mass is 9.94. The molecule has 1 aliphatic heterocycles. The Labute approximate surface area is 157 Å². The summed E-state index contributed by atoms with van der Waals surface area (Å²) in [5, 5.41) is 5.43. The standard InChI is InChI=1S/C18H23ClN2O5/c1-10-11(5-6-12-13(10)9-25-16(12)23)14(21-15(22)7-19)8-20-17(24)26-18(2,3)4/h5-6,14H,7-9H2,1-4H3,(H,20,24)(H,21,22). The number of nitrogens with one attached hydrogen (secondary N) is 2. The van der Waals surface area contributed by atoms with Gasteiger partial charge in [0.1, 0.15) is 18.1 Å². The number of carbonyl (C=O) groups is 3. The zero-order chi connectivity index (χ0) is 19.5. The van der Waals surface area contributed by atoms with Crippen LogP contribution >= 0.6 is 11.6 Å². The quantitative estimate of drug-likeness (QED) is 0.603. The maximum Gasteiger partial charge on any atom is 0.407 e. The third kappa shape index (κ3) is 4.88. The predicted octanol–water partition coefficient (Wildman–Crippen LogP) is 2.59. The van der Waals surface area contributed by atoms with Crippen LogP contribution in [0.1, 0.15) is 53.9 Å². The van der Waals surface area contributed by atoms with Crippen LogP contribution in [-0.2, 0) is 20.9 Å². The Balaban J connectivity index is 2.21. The van der Waals surface area contributed by atoms with E-state index in [0.29, 0.717) is 5.56 Å². The van der Waals surface area contributed by atoms with E-state index in [1.54, 1.807) is 32.9 Å². The number of alkyl halides is 1. The molecule has 8 heteroatoms. The van der Waals surface area contributed by atoms with Gasteiger partial charge in [-0.3, -0.25) is 4.79 Å². The third-order valence-electron chi connectivity index (χ3n) is 3.89. The van der Waals surface area contributed by atoms with E-state index < -0.39 is 17.7 Å². The van der Waals surface area contributed by atoms with Gasteiger partial charge < -0.3 is 20.1 Å². The molecule has 2 N–H and O–H groups in total. The molecule has 0 radical (unpaired) electrons. The fourth-order valence-electron chi connectivity index (χ4n) is 2.72. The molecule has 142 valence electrons. The first kappa shape index (κ1) is 20.0. The van der Waals surface area contributed by atoms with Crippen molar-refractivity contribution in [1.82, 2.24) is 10.6 Å². The van der Waals surface area contributed by atoms with E-state index >= 15 is 0 Å². The fraction of sp³-hybridized carbons (Fsp3) is 0.500. The number of rotatable bonds is 5. The molecule has 1 aromatic carbocycles. The molecule has 0 saturated carbocycles. The minimum absolute atomic E-state index is 0.117. The summed E-state index contributed by atoms with van der Waals surface area (Å²) in [5.41, 5.74) is 2.29. The SMILES string of the molecule is Cc1c(C(CNC(=O)OC(C)(C)C)NC(=O)CCl)ccc2c1COC2=O. The molecule has 26 heavy (non-hydrogen) atoms. The molecular weight excluding hydrogens is 360 g/mol. The van der Waals surface area contributed by atoms with Gasteiger partial charge in [0.2, 0.25) is 5.91 Å². The van der Waals surface area contributed by atoms with Gasteiger partial charge in [-0.2, -0.15) is 0 Å². The number of halogens is 1. The molecule has 0 fully saturated rings. The van der Waals surface area contributed by atoms with Crippen LogP contribution in [0.15, 0.2) is 12.1 Å². The monoisotopic (exact) mass is 382 g/mol. The van der Waals surface area contributed by atoms with Crippen LogP contribution in [0.4, 0.5) is 4.79 Å². The molecule has 1 aromatic rings. The minimum atomic E-state index is -0.625. The summed E-state index contributed by atoms with van der Waals surface area (Å²) in [5.74, 6) is -0.924. The highest BCUT2D eigenvalue weighted by Gasteiger charge is 2.27. The van der Waals surface area contributed by atoms with Crippen molar-refractivity contribution in [3.05, 3.63) is 34.4 Å². The van der Waals surface area contributed by atoms with E-state index in [4.69, 9.17) is 21.1 Å². The summed E-state index contributed by atoms with van der Waals surface area (Å²) >= 11 is 5.60. The molecule has 0 bridgehead atoms. The molecule has 7 nitrogen and oxygen atoms in total. The van der Waals surface area contributed by atoms with Crippen LogP contribution in [0.2, 0.25) is 0 Å². The lowest BCUT2D eigenvalue weighted by Crippen LogP contribution is -2.40. The molecule has 0 aromatic heterocycles. The van der Waals surface area contributed by atoms with Gasteiger partial charge in [0.05, 0.1) is 11.6 Å². The van der Waals surface area contributed by atoms with Crippen molar-refractivity contribution in [2.24, 2.45) is 0 Å². The molecule has 2 rings (SSSR count). The number of cyclic esters (lactones) is 1. The first-order valence-electron chi connectivity index (χ1n) is 8.24. The van der Waals surface area contributed by atoms with Gasteiger partial charge in [-0.1, -0.05) is 6.07 Å². The summed E-state index contributed by atoms with van der Waals surface area (Å²) in [6.45, 7) is 7.46. The summed E-state index contributed by atoms with van der Waals surface area (Å²) in [6, 6.07) is 2.89. The number of alkyl carbamates (subject to hydrolysis) is 1. The second kappa shape index (κ2) is 7.95. The number of fused-ring (bicyclic) bond motifs is 1. The van der Waals surface area contributed by atoms with Crippen molar-refractivity contribution < 1.29 is 23.9 Å². The number of ether oxygens (including phenoxy) is 2. The van der Waals surface area contributed by atoms with Crippen LogP contribution in [0, 0.1) is 6.92 Å². The zero-order valence-electron chi connectivity index (χ0n) is 15.3. The Bertz CT molecular complexity index is 727. The number of esters is 1. The number of benzene rings is 1. The van der Waals surface area contributed by atoms with Crippen LogP contribution in [0.5, 0.6) is 0 Å². The molecule has 0 saturated heterocycles. The van der Waals surface area contributed by atoms with E-state index in [1.165, 1.54) is 0 Å². The van der Waals surface area contributed by atoms with E-state index in [1.807, 2.05) is 6.92 Å². The highest BCUT2D eigenvalue weighted by Crippen LogP contribution is 2.29. The zero-order valence-corrected chi connectivity index (χ0v) is 16.0. The average molecular weight is 383 g/mol. The highest BCUT2D eigenvalue weighted by atomic mass is 35.5. The Morgan fingerprint density at radius 2 is 2.04 bits per heavy atom. The van der Waals surface area contributed by atoms with Gasteiger partial charge in [0, 0.05) is 12.1 Å².